The van der Waals surface area contributed by atoms with Crippen LogP contribution in [0.2, 0.25) is 0 Å². The fourth-order valence-electron chi connectivity index (χ4n) is 2.85. The largest absolute Gasteiger partial charge is 0.484 e. The number of para-hydroxylation sites is 1. The van der Waals surface area contributed by atoms with Crippen LogP contribution in [0.5, 0.6) is 5.75 Å². The molecule has 0 aliphatic rings. The van der Waals surface area contributed by atoms with Crippen LogP contribution in [-0.2, 0) is 16.1 Å². The Labute approximate surface area is 172 Å². The number of hydrogen-bond donors (Lipinski definition) is 1. The monoisotopic (exact) mass is 443 g/mol. The molecular weight excluding hydrogens is 422 g/mol. The van der Waals surface area contributed by atoms with Crippen LogP contribution in [0.4, 0.5) is 5.69 Å². The molecule has 0 bridgehead atoms. The predicted molar refractivity (Wildman–Crippen MR) is 114 cm³/mol. The number of anilines is 1. The van der Waals surface area contributed by atoms with Gasteiger partial charge in [-0.2, -0.15) is 0 Å². The minimum Gasteiger partial charge on any atom is -0.484 e. The van der Waals surface area contributed by atoms with E-state index in [0.29, 0.717) is 11.4 Å². The van der Waals surface area contributed by atoms with Gasteiger partial charge in [0, 0.05) is 40.9 Å². The number of rotatable bonds is 6. The van der Waals surface area contributed by atoms with E-state index in [2.05, 4.69) is 21.2 Å². The van der Waals surface area contributed by atoms with Crippen LogP contribution < -0.4 is 10.1 Å². The van der Waals surface area contributed by atoms with Crippen molar-refractivity contribution >= 4 is 44.3 Å². The molecule has 0 aliphatic heterocycles. The molecule has 0 saturated carbocycles. The number of aromatic nitrogens is 1. The maximum absolute atomic E-state index is 12.5. The first-order valence-electron chi connectivity index (χ1n) is 8.83. The molecule has 0 spiro atoms. The van der Waals surface area contributed by atoms with Gasteiger partial charge in [0.2, 0.25) is 5.91 Å². The highest BCUT2D eigenvalue weighted by Gasteiger charge is 2.14. The van der Waals surface area contributed by atoms with Gasteiger partial charge in [-0.15, -0.1) is 0 Å². The van der Waals surface area contributed by atoms with E-state index in [1.165, 1.54) is 4.90 Å². The normalized spacial score (nSPS) is 10.7. The average Bonchev–Trinajstić information content (AvgIpc) is 2.92. The van der Waals surface area contributed by atoms with Gasteiger partial charge in [0.05, 0.1) is 0 Å². The van der Waals surface area contributed by atoms with Crippen LogP contribution in [0.1, 0.15) is 5.69 Å². The number of carbonyl (C=O) groups is 2. The third-order valence-electron chi connectivity index (χ3n) is 4.45. The summed E-state index contributed by atoms with van der Waals surface area (Å²) < 4.78 is 8.43. The summed E-state index contributed by atoms with van der Waals surface area (Å²) in [5.41, 5.74) is 2.69. The lowest BCUT2D eigenvalue weighted by molar-refractivity contribution is -0.130. The summed E-state index contributed by atoms with van der Waals surface area (Å²) in [6.07, 6.45) is 0. The minimum atomic E-state index is -0.118. The summed E-state index contributed by atoms with van der Waals surface area (Å²) in [7, 11) is 3.36. The molecule has 2 aromatic carbocycles. The topological polar surface area (TPSA) is 63.6 Å². The number of amides is 2. The minimum absolute atomic E-state index is 0.0203. The third-order valence-corrected chi connectivity index (χ3v) is 5.46. The number of hydrogen-bond acceptors (Lipinski definition) is 3. The van der Waals surface area contributed by atoms with Crippen LogP contribution in [0.25, 0.3) is 10.9 Å². The first-order valence-corrected chi connectivity index (χ1v) is 9.62. The molecule has 1 heterocycles. The van der Waals surface area contributed by atoms with Crippen LogP contribution >= 0.6 is 15.9 Å². The molecule has 2 amide bonds. The lowest BCUT2D eigenvalue weighted by Crippen LogP contribution is -2.27. The van der Waals surface area contributed by atoms with Gasteiger partial charge in [-0.05, 0) is 53.2 Å². The Bertz CT molecular complexity index is 1010. The molecule has 7 heteroatoms. The van der Waals surface area contributed by atoms with Crippen molar-refractivity contribution in [2.24, 2.45) is 0 Å². The summed E-state index contributed by atoms with van der Waals surface area (Å²) in [4.78, 5) is 25.6. The van der Waals surface area contributed by atoms with Crippen molar-refractivity contribution in [3.05, 3.63) is 58.7 Å². The van der Waals surface area contributed by atoms with Crippen molar-refractivity contribution in [1.29, 1.82) is 0 Å². The van der Waals surface area contributed by atoms with Crippen molar-refractivity contribution in [3.63, 3.8) is 0 Å². The fraction of sp³-hybridized carbons (Fsp3) is 0.238. The summed E-state index contributed by atoms with van der Waals surface area (Å²) in [5.74, 6) is 0.343. The molecule has 0 radical (unpaired) electrons. The van der Waals surface area contributed by atoms with E-state index in [1.54, 1.807) is 38.4 Å². The SMILES string of the molecule is Cc1c(Br)c2ccccc2n1CC(=O)Nc1ccc(OCC(=O)N(C)C)cc1. The number of nitrogens with one attached hydrogen (secondary N) is 1. The highest BCUT2D eigenvalue weighted by atomic mass is 79.9. The van der Waals surface area contributed by atoms with Gasteiger partial charge in [0.1, 0.15) is 12.3 Å². The number of likely N-dealkylation sites (N-methyl/N-ethyl adjacent to an activating group) is 1. The molecule has 3 rings (SSSR count). The van der Waals surface area contributed by atoms with E-state index < -0.39 is 0 Å². The number of ether oxygens (including phenoxy) is 1. The van der Waals surface area contributed by atoms with Gasteiger partial charge in [-0.3, -0.25) is 9.59 Å². The maximum atomic E-state index is 12.5. The van der Waals surface area contributed by atoms with E-state index in [1.807, 2.05) is 35.8 Å². The molecular formula is C21H22BrN3O3. The van der Waals surface area contributed by atoms with E-state index >= 15 is 0 Å². The zero-order valence-corrected chi connectivity index (χ0v) is 17.6. The second kappa shape index (κ2) is 8.48. The molecule has 0 atom stereocenters. The van der Waals surface area contributed by atoms with Crippen molar-refractivity contribution < 1.29 is 14.3 Å². The number of nitrogens with zero attached hydrogens (tertiary/aromatic N) is 2. The van der Waals surface area contributed by atoms with Gasteiger partial charge in [-0.1, -0.05) is 18.2 Å². The highest BCUT2D eigenvalue weighted by molar-refractivity contribution is 9.10. The highest BCUT2D eigenvalue weighted by Crippen LogP contribution is 2.30. The lowest BCUT2D eigenvalue weighted by Gasteiger charge is -2.12. The van der Waals surface area contributed by atoms with Crippen LogP contribution in [-0.4, -0.2) is 42.0 Å². The first-order chi connectivity index (χ1) is 13.4. The first kappa shape index (κ1) is 19.9. The Kier molecular flexibility index (Phi) is 6.04. The predicted octanol–water partition coefficient (Wildman–Crippen LogP) is 3.82. The van der Waals surface area contributed by atoms with Crippen LogP contribution in [0, 0.1) is 6.92 Å². The van der Waals surface area contributed by atoms with Crippen molar-refractivity contribution in [2.45, 2.75) is 13.5 Å². The number of benzene rings is 2. The Balaban J connectivity index is 1.64. The van der Waals surface area contributed by atoms with Gasteiger partial charge in [-0.25, -0.2) is 0 Å². The smallest absolute Gasteiger partial charge is 0.259 e. The molecule has 0 aliphatic carbocycles. The van der Waals surface area contributed by atoms with Gasteiger partial charge < -0.3 is 19.5 Å². The molecule has 0 fully saturated rings. The van der Waals surface area contributed by atoms with E-state index in [4.69, 9.17) is 4.74 Å². The summed E-state index contributed by atoms with van der Waals surface area (Å²) in [6.45, 7) is 2.18. The molecule has 1 N–H and O–H groups in total. The van der Waals surface area contributed by atoms with E-state index in [0.717, 1.165) is 21.1 Å². The van der Waals surface area contributed by atoms with Gasteiger partial charge >= 0.3 is 0 Å². The molecule has 0 saturated heterocycles. The Morgan fingerprint density at radius 3 is 2.46 bits per heavy atom. The molecule has 28 heavy (non-hydrogen) atoms. The van der Waals surface area contributed by atoms with E-state index in [9.17, 15) is 9.59 Å². The van der Waals surface area contributed by atoms with Crippen molar-refractivity contribution in [3.8, 4) is 5.75 Å². The second-order valence-electron chi connectivity index (χ2n) is 6.65. The van der Waals surface area contributed by atoms with Crippen molar-refractivity contribution in [2.75, 3.05) is 26.0 Å². The van der Waals surface area contributed by atoms with Gasteiger partial charge in [0.25, 0.3) is 5.91 Å². The molecule has 6 nitrogen and oxygen atoms in total. The fourth-order valence-corrected chi connectivity index (χ4v) is 3.39. The molecule has 146 valence electrons. The number of halogens is 1. The molecule has 1 aromatic heterocycles. The summed E-state index contributed by atoms with van der Waals surface area (Å²) in [6, 6.07) is 14.9. The van der Waals surface area contributed by atoms with Crippen LogP contribution in [0.3, 0.4) is 0 Å². The lowest BCUT2D eigenvalue weighted by atomic mass is 10.2. The van der Waals surface area contributed by atoms with Gasteiger partial charge in [0.15, 0.2) is 6.61 Å². The van der Waals surface area contributed by atoms with Crippen molar-refractivity contribution in [1.82, 2.24) is 9.47 Å². The zero-order valence-electron chi connectivity index (χ0n) is 16.0. The summed E-state index contributed by atoms with van der Waals surface area (Å²) >= 11 is 3.61. The van der Waals surface area contributed by atoms with Crippen LogP contribution in [0.15, 0.2) is 53.0 Å². The quantitative estimate of drug-likeness (QED) is 0.629. The Morgan fingerprint density at radius 1 is 1.11 bits per heavy atom. The maximum Gasteiger partial charge on any atom is 0.259 e. The molecule has 3 aromatic rings. The number of carbonyl (C=O) groups excluding carboxylic acids is 2. The Morgan fingerprint density at radius 2 is 1.79 bits per heavy atom. The number of fused-ring (bicyclic) bond motifs is 1. The average molecular weight is 444 g/mol. The third kappa shape index (κ3) is 4.36. The zero-order chi connectivity index (χ0) is 20.3. The van der Waals surface area contributed by atoms with E-state index in [-0.39, 0.29) is 25.0 Å². The standard InChI is InChI=1S/C21H22BrN3O3/c1-14-21(22)17-6-4-5-7-18(17)25(14)12-19(26)23-15-8-10-16(11-9-15)28-13-20(27)24(2)3/h4-11H,12-13H2,1-3H3,(H,23,26). The molecule has 0 unspecified atom stereocenters. The Hall–Kier alpha value is -2.80. The second-order valence-corrected chi connectivity index (χ2v) is 7.45. The summed E-state index contributed by atoms with van der Waals surface area (Å²) in [5, 5.41) is 3.98.